The number of rotatable bonds is 2. The first kappa shape index (κ1) is 19.8. The monoisotopic (exact) mass is 376 g/mol. The predicted octanol–water partition coefficient (Wildman–Crippen LogP) is 2.35. The second-order valence-corrected chi connectivity index (χ2v) is 7.12. The Labute approximate surface area is 151 Å². The van der Waals surface area contributed by atoms with E-state index in [0.717, 1.165) is 11.1 Å². The normalized spacial score (nSPS) is 11.3. The Morgan fingerprint density at radius 1 is 1.19 bits per heavy atom. The van der Waals surface area contributed by atoms with E-state index in [1.807, 2.05) is 6.92 Å². The maximum Gasteiger partial charge on any atom is 0.296 e. The number of pyridine rings is 1. The quantitative estimate of drug-likeness (QED) is 0.465. The molecule has 0 fully saturated rings. The molecule has 8 heteroatoms. The van der Waals surface area contributed by atoms with Crippen molar-refractivity contribution in [1.29, 1.82) is 0 Å². The molecule has 4 N–H and O–H groups in total. The topological polar surface area (TPSA) is 131 Å². The number of para-hydroxylation sites is 1. The Morgan fingerprint density at radius 2 is 1.81 bits per heavy atom. The second-order valence-electron chi connectivity index (χ2n) is 5.73. The molecule has 0 aliphatic rings. The number of aryl methyl sites for hydroxylation is 2. The van der Waals surface area contributed by atoms with Crippen molar-refractivity contribution in [2.75, 3.05) is 6.61 Å². The highest BCUT2D eigenvalue weighted by atomic mass is 32.2. The molecule has 7 nitrogen and oxygen atoms in total. The first-order valence-corrected chi connectivity index (χ1v) is 9.27. The van der Waals surface area contributed by atoms with Crippen LogP contribution >= 0.6 is 0 Å². The number of hydrogen-bond acceptors (Lipinski definition) is 5. The predicted molar refractivity (Wildman–Crippen MR) is 99.8 cm³/mol. The average Bonchev–Trinajstić information content (AvgIpc) is 2.55. The third-order valence-electron chi connectivity index (χ3n) is 3.97. The zero-order valence-corrected chi connectivity index (χ0v) is 15.5. The summed E-state index contributed by atoms with van der Waals surface area (Å²) in [4.78, 5) is 15.6. The number of amides is 1. The third-order valence-corrected chi connectivity index (χ3v) is 4.83. The molecule has 2 aromatic carbocycles. The number of benzene rings is 2. The number of carbonyl (C=O) groups is 1. The number of carbonyl (C=O) groups excluding carboxylic acids is 1. The van der Waals surface area contributed by atoms with Gasteiger partial charge in [0.1, 0.15) is 4.90 Å². The summed E-state index contributed by atoms with van der Waals surface area (Å²) in [5.74, 6) is -0.653. The van der Waals surface area contributed by atoms with Crippen molar-refractivity contribution >= 4 is 37.8 Å². The van der Waals surface area contributed by atoms with Gasteiger partial charge in [-0.15, -0.1) is 0 Å². The van der Waals surface area contributed by atoms with Gasteiger partial charge in [-0.1, -0.05) is 12.1 Å². The second kappa shape index (κ2) is 7.36. The number of aromatic nitrogens is 1. The summed E-state index contributed by atoms with van der Waals surface area (Å²) >= 11 is 0. The van der Waals surface area contributed by atoms with Gasteiger partial charge in [-0.05, 0) is 50.1 Å². The standard InChI is InChI=1S/C16H14N2O4S.C2H6O/c1-8-6-13(23(20,21)22)15-12(9(8)2)7-10-4-3-5-11(16(17)19)14(10)18-15;1-2-3/h3-7H,1-2H3,(H2,17,19)(H,20,21,22);3H,2H2,1H3. The van der Waals surface area contributed by atoms with Crippen LogP contribution in [0.2, 0.25) is 0 Å². The SMILES string of the molecule is CCO.Cc1cc(S(=O)(=O)O)c2nc3c(C(N)=O)cccc3cc2c1C. The van der Waals surface area contributed by atoms with Crippen LogP contribution in [-0.4, -0.2) is 35.6 Å². The van der Waals surface area contributed by atoms with E-state index >= 15 is 0 Å². The minimum Gasteiger partial charge on any atom is -0.397 e. The van der Waals surface area contributed by atoms with E-state index in [2.05, 4.69) is 4.98 Å². The van der Waals surface area contributed by atoms with Crippen molar-refractivity contribution in [3.8, 4) is 0 Å². The zero-order chi connectivity index (χ0) is 19.6. The van der Waals surface area contributed by atoms with E-state index in [0.29, 0.717) is 16.3 Å². The van der Waals surface area contributed by atoms with Crippen molar-refractivity contribution in [2.24, 2.45) is 5.73 Å². The van der Waals surface area contributed by atoms with Gasteiger partial charge < -0.3 is 10.8 Å². The fourth-order valence-electron chi connectivity index (χ4n) is 2.65. The molecule has 0 spiro atoms. The Balaban J connectivity index is 0.000000758. The number of primary amides is 1. The summed E-state index contributed by atoms with van der Waals surface area (Å²) in [6.07, 6.45) is 0. The fourth-order valence-corrected chi connectivity index (χ4v) is 3.38. The highest BCUT2D eigenvalue weighted by Gasteiger charge is 2.20. The number of nitrogens with two attached hydrogens (primary N) is 1. The molecule has 3 rings (SSSR count). The molecule has 1 heterocycles. The smallest absolute Gasteiger partial charge is 0.296 e. The third kappa shape index (κ3) is 3.67. The molecule has 0 saturated heterocycles. The van der Waals surface area contributed by atoms with Crippen LogP contribution in [0.15, 0.2) is 35.2 Å². The number of nitrogens with zero attached hydrogens (tertiary/aromatic N) is 1. The summed E-state index contributed by atoms with van der Waals surface area (Å²) in [5.41, 5.74) is 7.55. The minimum absolute atomic E-state index is 0.122. The van der Waals surface area contributed by atoms with Crippen molar-refractivity contribution < 1.29 is 22.9 Å². The number of aliphatic hydroxyl groups is 1. The first-order chi connectivity index (χ1) is 12.1. The lowest BCUT2D eigenvalue weighted by Gasteiger charge is -2.12. The fraction of sp³-hybridized carbons (Fsp3) is 0.222. The van der Waals surface area contributed by atoms with Crippen molar-refractivity contribution in [2.45, 2.75) is 25.7 Å². The summed E-state index contributed by atoms with van der Waals surface area (Å²) in [7, 11) is -4.45. The van der Waals surface area contributed by atoms with E-state index in [1.165, 1.54) is 12.1 Å². The minimum atomic E-state index is -4.45. The van der Waals surface area contributed by atoms with E-state index in [9.17, 15) is 17.8 Å². The van der Waals surface area contributed by atoms with Crippen LogP contribution in [0.4, 0.5) is 0 Å². The molecule has 26 heavy (non-hydrogen) atoms. The van der Waals surface area contributed by atoms with Gasteiger partial charge in [0, 0.05) is 17.4 Å². The van der Waals surface area contributed by atoms with Crippen LogP contribution in [0, 0.1) is 13.8 Å². The van der Waals surface area contributed by atoms with Crippen LogP contribution in [0.1, 0.15) is 28.4 Å². The van der Waals surface area contributed by atoms with Gasteiger partial charge >= 0.3 is 0 Å². The average molecular weight is 376 g/mol. The lowest BCUT2D eigenvalue weighted by atomic mass is 10.0. The van der Waals surface area contributed by atoms with E-state index in [-0.39, 0.29) is 22.6 Å². The van der Waals surface area contributed by atoms with Crippen molar-refractivity contribution in [1.82, 2.24) is 4.98 Å². The molecular formula is C18H20N2O5S. The van der Waals surface area contributed by atoms with Crippen LogP contribution in [0.25, 0.3) is 21.8 Å². The van der Waals surface area contributed by atoms with Gasteiger partial charge in [-0.3, -0.25) is 9.35 Å². The largest absolute Gasteiger partial charge is 0.397 e. The zero-order valence-electron chi connectivity index (χ0n) is 14.6. The molecule has 0 unspecified atom stereocenters. The summed E-state index contributed by atoms with van der Waals surface area (Å²) in [6, 6.07) is 8.10. The lowest BCUT2D eigenvalue weighted by molar-refractivity contribution is 0.100. The summed E-state index contributed by atoms with van der Waals surface area (Å²) in [5, 5.41) is 8.84. The molecule has 3 aromatic rings. The summed E-state index contributed by atoms with van der Waals surface area (Å²) in [6.45, 7) is 5.53. The number of hydrogen-bond donors (Lipinski definition) is 3. The van der Waals surface area contributed by atoms with Gasteiger partial charge in [-0.2, -0.15) is 8.42 Å². The molecule has 0 saturated carbocycles. The Kier molecular flexibility index (Phi) is 5.60. The highest BCUT2D eigenvalue weighted by Crippen LogP contribution is 2.31. The molecule has 1 amide bonds. The first-order valence-electron chi connectivity index (χ1n) is 7.83. The Morgan fingerprint density at radius 3 is 2.35 bits per heavy atom. The van der Waals surface area contributed by atoms with E-state index in [4.69, 9.17) is 10.8 Å². The molecule has 1 aromatic heterocycles. The maximum atomic E-state index is 11.7. The van der Waals surface area contributed by atoms with Crippen molar-refractivity contribution in [3.63, 3.8) is 0 Å². The molecule has 0 radical (unpaired) electrons. The molecule has 0 atom stereocenters. The Bertz CT molecular complexity index is 1110. The van der Waals surface area contributed by atoms with E-state index < -0.39 is 16.0 Å². The van der Waals surface area contributed by atoms with Gasteiger partial charge in [0.25, 0.3) is 16.0 Å². The summed E-state index contributed by atoms with van der Waals surface area (Å²) < 4.78 is 32.9. The maximum absolute atomic E-state index is 11.7. The molecule has 0 aliphatic heterocycles. The number of aliphatic hydroxyl groups excluding tert-OH is 1. The molecule has 0 bridgehead atoms. The molecular weight excluding hydrogens is 356 g/mol. The van der Waals surface area contributed by atoms with E-state index in [1.54, 1.807) is 32.0 Å². The van der Waals surface area contributed by atoms with Crippen molar-refractivity contribution in [3.05, 3.63) is 47.0 Å². The van der Waals surface area contributed by atoms with Crippen LogP contribution < -0.4 is 5.73 Å². The van der Waals surface area contributed by atoms with Gasteiger partial charge in [0.2, 0.25) is 0 Å². The lowest BCUT2D eigenvalue weighted by Crippen LogP contribution is -2.12. The van der Waals surface area contributed by atoms with Crippen LogP contribution in [0.5, 0.6) is 0 Å². The van der Waals surface area contributed by atoms with Gasteiger partial charge in [0.15, 0.2) is 0 Å². The molecule has 0 aliphatic carbocycles. The van der Waals surface area contributed by atoms with Crippen LogP contribution in [-0.2, 0) is 10.1 Å². The molecule has 138 valence electrons. The number of fused-ring (bicyclic) bond motifs is 2. The van der Waals surface area contributed by atoms with Gasteiger partial charge in [-0.25, -0.2) is 4.98 Å². The Hall–Kier alpha value is -2.55. The van der Waals surface area contributed by atoms with Gasteiger partial charge in [0.05, 0.1) is 16.6 Å². The van der Waals surface area contributed by atoms with Crippen LogP contribution in [0.3, 0.4) is 0 Å². The highest BCUT2D eigenvalue weighted by molar-refractivity contribution is 7.86.